The van der Waals surface area contributed by atoms with Gasteiger partial charge in [-0.3, -0.25) is 4.40 Å². The van der Waals surface area contributed by atoms with E-state index in [2.05, 4.69) is 11.1 Å². The Bertz CT molecular complexity index is 553. The highest BCUT2D eigenvalue weighted by molar-refractivity contribution is 7.15. The van der Waals surface area contributed by atoms with Crippen molar-refractivity contribution in [3.05, 3.63) is 17.3 Å². The van der Waals surface area contributed by atoms with Crippen molar-refractivity contribution in [1.82, 2.24) is 9.38 Å². The third kappa shape index (κ3) is 2.11. The zero-order chi connectivity index (χ0) is 12.4. The number of halogens is 1. The quantitative estimate of drug-likeness (QED) is 0.801. The van der Waals surface area contributed by atoms with Crippen LogP contribution in [0.2, 0.25) is 0 Å². The van der Waals surface area contributed by atoms with Crippen molar-refractivity contribution in [2.24, 2.45) is 0 Å². The molecule has 1 atom stereocenters. The molecule has 0 fully saturated rings. The number of rotatable bonds is 4. The van der Waals surface area contributed by atoms with Gasteiger partial charge in [0.2, 0.25) is 0 Å². The van der Waals surface area contributed by atoms with Crippen LogP contribution in [-0.4, -0.2) is 22.5 Å². The van der Waals surface area contributed by atoms with Gasteiger partial charge < -0.3 is 4.90 Å². The maximum atomic E-state index is 8.73. The third-order valence-electron chi connectivity index (χ3n) is 2.85. The molecule has 0 aliphatic heterocycles. The number of imidazole rings is 1. The molecule has 90 valence electrons. The van der Waals surface area contributed by atoms with E-state index in [0.717, 1.165) is 16.5 Å². The van der Waals surface area contributed by atoms with Gasteiger partial charge in [0.15, 0.2) is 10.8 Å². The summed E-state index contributed by atoms with van der Waals surface area (Å²) in [6, 6.07) is 2.31. The Balaban J connectivity index is 2.40. The first kappa shape index (κ1) is 12.2. The number of nitriles is 1. The molecule has 1 unspecified atom stereocenters. The fourth-order valence-corrected chi connectivity index (χ4v) is 2.68. The van der Waals surface area contributed by atoms with E-state index in [9.17, 15) is 0 Å². The Labute approximate surface area is 109 Å². The Morgan fingerprint density at radius 2 is 2.47 bits per heavy atom. The highest BCUT2D eigenvalue weighted by Gasteiger charge is 2.19. The highest BCUT2D eigenvalue weighted by atomic mass is 35.5. The Morgan fingerprint density at radius 1 is 1.71 bits per heavy atom. The second-order valence-electron chi connectivity index (χ2n) is 3.89. The van der Waals surface area contributed by atoms with Crippen LogP contribution in [0.4, 0.5) is 5.82 Å². The maximum absolute atomic E-state index is 8.73. The van der Waals surface area contributed by atoms with Crippen LogP contribution in [0.15, 0.2) is 11.6 Å². The molecule has 0 radical (unpaired) electrons. The van der Waals surface area contributed by atoms with Gasteiger partial charge in [-0.1, -0.05) is 0 Å². The molecule has 0 bridgehead atoms. The lowest BCUT2D eigenvalue weighted by molar-refractivity contribution is 0.693. The standard InChI is InChI=1S/C11H13ClN4S/c1-8(3-4-13)15(2)10-9(7-12)16-5-6-17-11(16)14-10/h5-6,8H,3,7H2,1-2H3. The van der Waals surface area contributed by atoms with Gasteiger partial charge in [0.1, 0.15) is 0 Å². The van der Waals surface area contributed by atoms with Crippen LogP contribution in [0, 0.1) is 11.3 Å². The molecule has 2 rings (SSSR count). The number of anilines is 1. The van der Waals surface area contributed by atoms with Crippen molar-refractivity contribution in [1.29, 1.82) is 5.26 Å². The Hall–Kier alpha value is -1.25. The van der Waals surface area contributed by atoms with Gasteiger partial charge >= 0.3 is 0 Å². The molecule has 6 heteroatoms. The highest BCUT2D eigenvalue weighted by Crippen LogP contribution is 2.26. The second kappa shape index (κ2) is 4.94. The zero-order valence-corrected chi connectivity index (χ0v) is 11.3. The number of fused-ring (bicyclic) bond motifs is 1. The van der Waals surface area contributed by atoms with Gasteiger partial charge in [-0.2, -0.15) is 5.26 Å². The fraction of sp³-hybridized carbons (Fsp3) is 0.455. The van der Waals surface area contributed by atoms with Crippen molar-refractivity contribution in [2.45, 2.75) is 25.3 Å². The summed E-state index contributed by atoms with van der Waals surface area (Å²) in [4.78, 5) is 7.51. The topological polar surface area (TPSA) is 44.3 Å². The van der Waals surface area contributed by atoms with E-state index in [4.69, 9.17) is 16.9 Å². The summed E-state index contributed by atoms with van der Waals surface area (Å²) in [5.41, 5.74) is 0.982. The Kier molecular flexibility index (Phi) is 3.55. The fourth-order valence-electron chi connectivity index (χ4n) is 1.71. The van der Waals surface area contributed by atoms with Crippen LogP contribution in [-0.2, 0) is 5.88 Å². The second-order valence-corrected chi connectivity index (χ2v) is 5.03. The van der Waals surface area contributed by atoms with Crippen LogP contribution < -0.4 is 4.90 Å². The first-order chi connectivity index (χ1) is 8.19. The molecule has 0 aromatic carbocycles. The van der Waals surface area contributed by atoms with Crippen molar-refractivity contribution in [3.8, 4) is 6.07 Å². The average molecular weight is 269 g/mol. The van der Waals surface area contributed by atoms with Crippen molar-refractivity contribution >= 4 is 33.7 Å². The van der Waals surface area contributed by atoms with E-state index in [-0.39, 0.29) is 6.04 Å². The van der Waals surface area contributed by atoms with Gasteiger partial charge in [0.25, 0.3) is 0 Å². The largest absolute Gasteiger partial charge is 0.354 e. The lowest BCUT2D eigenvalue weighted by Gasteiger charge is -2.23. The molecule has 0 amide bonds. The molecule has 17 heavy (non-hydrogen) atoms. The van der Waals surface area contributed by atoms with Crippen LogP contribution in [0.5, 0.6) is 0 Å². The summed E-state index contributed by atoms with van der Waals surface area (Å²) in [6.07, 6.45) is 2.44. The van der Waals surface area contributed by atoms with Crippen molar-refractivity contribution in [2.75, 3.05) is 11.9 Å². The Morgan fingerprint density at radius 3 is 3.12 bits per heavy atom. The molecule has 0 aliphatic carbocycles. The molecule has 0 saturated heterocycles. The van der Waals surface area contributed by atoms with E-state index in [1.807, 2.05) is 34.8 Å². The summed E-state index contributed by atoms with van der Waals surface area (Å²) in [7, 11) is 1.95. The molecule has 2 aromatic heterocycles. The molecule has 0 aliphatic rings. The molecule has 0 N–H and O–H groups in total. The third-order valence-corrected chi connectivity index (χ3v) is 3.86. The molecule has 4 nitrogen and oxygen atoms in total. The van der Waals surface area contributed by atoms with Crippen LogP contribution in [0.3, 0.4) is 0 Å². The number of thiazole rings is 1. The smallest absolute Gasteiger partial charge is 0.195 e. The minimum atomic E-state index is 0.131. The van der Waals surface area contributed by atoms with Crippen LogP contribution in [0.25, 0.3) is 4.96 Å². The number of hydrogen-bond acceptors (Lipinski definition) is 4. The van der Waals surface area contributed by atoms with Crippen LogP contribution in [0.1, 0.15) is 19.0 Å². The molecular weight excluding hydrogens is 256 g/mol. The van der Waals surface area contributed by atoms with Gasteiger partial charge in [0.05, 0.1) is 24.1 Å². The summed E-state index contributed by atoms with van der Waals surface area (Å²) in [5, 5.41) is 10.7. The first-order valence-corrected chi connectivity index (χ1v) is 6.70. The van der Waals surface area contributed by atoms with Gasteiger partial charge in [-0.15, -0.1) is 22.9 Å². The lowest BCUT2D eigenvalue weighted by Crippen LogP contribution is -2.29. The van der Waals surface area contributed by atoms with E-state index < -0.39 is 0 Å². The monoisotopic (exact) mass is 268 g/mol. The van der Waals surface area contributed by atoms with Crippen molar-refractivity contribution < 1.29 is 0 Å². The number of aromatic nitrogens is 2. The summed E-state index contributed by atoms with van der Waals surface area (Å²) in [6.45, 7) is 2.01. The minimum Gasteiger partial charge on any atom is -0.354 e. The molecule has 0 saturated carbocycles. The van der Waals surface area contributed by atoms with E-state index >= 15 is 0 Å². The van der Waals surface area contributed by atoms with Gasteiger partial charge in [-0.25, -0.2) is 4.98 Å². The predicted molar refractivity (Wildman–Crippen MR) is 70.7 cm³/mol. The summed E-state index contributed by atoms with van der Waals surface area (Å²) < 4.78 is 2.00. The normalized spacial score (nSPS) is 12.6. The number of hydrogen-bond donors (Lipinski definition) is 0. The SMILES string of the molecule is CC(CC#N)N(C)c1nc2sccn2c1CCl. The minimum absolute atomic E-state index is 0.131. The van der Waals surface area contributed by atoms with E-state index in [1.54, 1.807) is 11.3 Å². The molecule has 2 aromatic rings. The molecule has 0 spiro atoms. The molecule has 2 heterocycles. The molecular formula is C11H13ClN4S. The maximum Gasteiger partial charge on any atom is 0.195 e. The number of alkyl halides is 1. The van der Waals surface area contributed by atoms with E-state index in [1.165, 1.54) is 0 Å². The lowest BCUT2D eigenvalue weighted by atomic mass is 10.2. The van der Waals surface area contributed by atoms with Crippen molar-refractivity contribution in [3.63, 3.8) is 0 Å². The van der Waals surface area contributed by atoms with E-state index in [0.29, 0.717) is 12.3 Å². The number of nitrogens with zero attached hydrogens (tertiary/aromatic N) is 4. The first-order valence-electron chi connectivity index (χ1n) is 5.29. The summed E-state index contributed by atoms with van der Waals surface area (Å²) >= 11 is 7.57. The zero-order valence-electron chi connectivity index (χ0n) is 9.72. The average Bonchev–Trinajstić information content (AvgIpc) is 2.87. The van der Waals surface area contributed by atoms with Gasteiger partial charge in [0, 0.05) is 24.7 Å². The van der Waals surface area contributed by atoms with Gasteiger partial charge in [-0.05, 0) is 6.92 Å². The summed E-state index contributed by atoms with van der Waals surface area (Å²) in [5.74, 6) is 1.28. The van der Waals surface area contributed by atoms with Crippen LogP contribution >= 0.6 is 22.9 Å². The predicted octanol–water partition coefficient (Wildman–Crippen LogP) is 2.87.